The van der Waals surface area contributed by atoms with E-state index >= 15 is 0 Å². The summed E-state index contributed by atoms with van der Waals surface area (Å²) in [4.78, 5) is 25.0. The number of nitrogens with one attached hydrogen (secondary N) is 1. The van der Waals surface area contributed by atoms with E-state index in [1.165, 1.54) is 19.2 Å². The van der Waals surface area contributed by atoms with Gasteiger partial charge in [0.25, 0.3) is 0 Å². The van der Waals surface area contributed by atoms with Crippen molar-refractivity contribution in [2.45, 2.75) is 13.3 Å². The fraction of sp³-hybridized carbons (Fsp3) is 0.222. The van der Waals surface area contributed by atoms with E-state index in [4.69, 9.17) is 0 Å². The molecule has 0 unspecified atom stereocenters. The van der Waals surface area contributed by atoms with Crippen LogP contribution >= 0.6 is 0 Å². The van der Waals surface area contributed by atoms with E-state index in [2.05, 4.69) is 10.3 Å². The van der Waals surface area contributed by atoms with Gasteiger partial charge in [0, 0.05) is 0 Å². The predicted octanol–water partition coefficient (Wildman–Crippen LogP) is 1.14. The molecule has 0 atom stereocenters. The van der Waals surface area contributed by atoms with Crippen molar-refractivity contribution in [2.75, 3.05) is 5.32 Å². The van der Waals surface area contributed by atoms with Crippen molar-refractivity contribution in [1.29, 1.82) is 0 Å². The maximum absolute atomic E-state index is 12.4. The molecule has 1 amide bonds. The standard InChI is InChI=1S/C9H9FN2O2/c1-6(13)4-9(14)12-7-2-3-8(10)11-5-7/h2-3,5H,4H2,1H3,(H,12,14). The van der Waals surface area contributed by atoms with Gasteiger partial charge < -0.3 is 5.32 Å². The minimum Gasteiger partial charge on any atom is -0.324 e. The fourth-order valence-electron chi connectivity index (χ4n) is 0.881. The molecule has 0 radical (unpaired) electrons. The van der Waals surface area contributed by atoms with Crippen LogP contribution in [-0.4, -0.2) is 16.7 Å². The summed E-state index contributed by atoms with van der Waals surface area (Å²) in [5.74, 6) is -1.27. The van der Waals surface area contributed by atoms with Crippen molar-refractivity contribution >= 4 is 17.4 Å². The molecule has 0 aromatic carbocycles. The normalized spacial score (nSPS) is 9.57. The summed E-state index contributed by atoms with van der Waals surface area (Å²) in [6.07, 6.45) is 1.00. The van der Waals surface area contributed by atoms with Crippen LogP contribution in [0.1, 0.15) is 13.3 Å². The molecule has 0 aliphatic rings. The van der Waals surface area contributed by atoms with E-state index in [1.807, 2.05) is 0 Å². The number of Topliss-reactive ketones (excluding diaryl/α,β-unsaturated/α-hetero) is 1. The summed E-state index contributed by atoms with van der Waals surface area (Å²) in [6, 6.07) is 2.50. The number of halogens is 1. The number of nitrogens with zero attached hydrogens (tertiary/aromatic N) is 1. The van der Waals surface area contributed by atoms with Crippen molar-refractivity contribution in [2.24, 2.45) is 0 Å². The first-order valence-electron chi connectivity index (χ1n) is 3.99. The molecule has 0 aliphatic carbocycles. The number of anilines is 1. The molecule has 0 fully saturated rings. The van der Waals surface area contributed by atoms with Crippen LogP contribution in [0.5, 0.6) is 0 Å². The van der Waals surface area contributed by atoms with Crippen molar-refractivity contribution in [3.05, 3.63) is 24.3 Å². The van der Waals surface area contributed by atoms with Crippen LogP contribution in [-0.2, 0) is 9.59 Å². The number of pyridine rings is 1. The maximum Gasteiger partial charge on any atom is 0.231 e. The average molecular weight is 196 g/mol. The van der Waals surface area contributed by atoms with Gasteiger partial charge in [0.1, 0.15) is 5.78 Å². The average Bonchev–Trinajstić information content (AvgIpc) is 2.07. The molecule has 0 saturated carbocycles. The van der Waals surface area contributed by atoms with Gasteiger partial charge in [-0.15, -0.1) is 0 Å². The van der Waals surface area contributed by atoms with E-state index in [0.717, 1.165) is 6.07 Å². The highest BCUT2D eigenvalue weighted by Crippen LogP contribution is 2.05. The first-order chi connectivity index (χ1) is 6.58. The lowest BCUT2D eigenvalue weighted by Gasteiger charge is -2.01. The Bertz CT molecular complexity index is 348. The molecule has 1 heterocycles. The summed E-state index contributed by atoms with van der Waals surface area (Å²) < 4.78 is 12.4. The molecule has 1 aromatic rings. The van der Waals surface area contributed by atoms with E-state index in [9.17, 15) is 14.0 Å². The summed E-state index contributed by atoms with van der Waals surface area (Å²) in [7, 11) is 0. The molecule has 1 rings (SSSR count). The quantitative estimate of drug-likeness (QED) is 0.582. The number of aromatic nitrogens is 1. The van der Waals surface area contributed by atoms with Crippen LogP contribution in [0, 0.1) is 5.95 Å². The number of ketones is 1. The van der Waals surface area contributed by atoms with Gasteiger partial charge in [0.15, 0.2) is 0 Å². The Kier molecular flexibility index (Phi) is 3.28. The van der Waals surface area contributed by atoms with Crippen LogP contribution in [0.3, 0.4) is 0 Å². The molecule has 1 N–H and O–H groups in total. The second kappa shape index (κ2) is 4.45. The zero-order valence-electron chi connectivity index (χ0n) is 7.58. The highest BCUT2D eigenvalue weighted by atomic mass is 19.1. The lowest BCUT2D eigenvalue weighted by atomic mass is 10.3. The van der Waals surface area contributed by atoms with Gasteiger partial charge in [-0.25, -0.2) is 4.98 Å². The second-order valence-corrected chi connectivity index (χ2v) is 2.80. The summed E-state index contributed by atoms with van der Waals surface area (Å²) in [6.45, 7) is 1.32. The molecule has 1 aromatic heterocycles. The van der Waals surface area contributed by atoms with Crippen LogP contribution in [0.4, 0.5) is 10.1 Å². The SMILES string of the molecule is CC(=O)CC(=O)Nc1ccc(F)nc1. The molecular weight excluding hydrogens is 187 g/mol. The number of hydrogen-bond acceptors (Lipinski definition) is 3. The van der Waals surface area contributed by atoms with Gasteiger partial charge in [0.2, 0.25) is 11.9 Å². The van der Waals surface area contributed by atoms with Crippen molar-refractivity contribution < 1.29 is 14.0 Å². The third kappa shape index (κ3) is 3.30. The predicted molar refractivity (Wildman–Crippen MR) is 48.1 cm³/mol. The molecule has 0 bridgehead atoms. The van der Waals surface area contributed by atoms with Crippen molar-refractivity contribution in [1.82, 2.24) is 4.98 Å². The topological polar surface area (TPSA) is 59.1 Å². The smallest absolute Gasteiger partial charge is 0.231 e. The van der Waals surface area contributed by atoms with Gasteiger partial charge >= 0.3 is 0 Å². The van der Waals surface area contributed by atoms with Gasteiger partial charge in [-0.05, 0) is 19.1 Å². The fourth-order valence-corrected chi connectivity index (χ4v) is 0.881. The van der Waals surface area contributed by atoms with E-state index < -0.39 is 11.9 Å². The zero-order chi connectivity index (χ0) is 10.6. The highest BCUT2D eigenvalue weighted by Gasteiger charge is 2.05. The van der Waals surface area contributed by atoms with E-state index in [1.54, 1.807) is 0 Å². The molecule has 0 aliphatic heterocycles. The Labute approximate surface area is 80.1 Å². The molecule has 74 valence electrons. The second-order valence-electron chi connectivity index (χ2n) is 2.80. The van der Waals surface area contributed by atoms with Crippen molar-refractivity contribution in [3.8, 4) is 0 Å². The molecular formula is C9H9FN2O2. The van der Waals surface area contributed by atoms with Crippen molar-refractivity contribution in [3.63, 3.8) is 0 Å². The Balaban J connectivity index is 2.56. The van der Waals surface area contributed by atoms with Crippen LogP contribution in [0.15, 0.2) is 18.3 Å². The number of carbonyl (C=O) groups excluding carboxylic acids is 2. The first-order valence-corrected chi connectivity index (χ1v) is 3.99. The van der Waals surface area contributed by atoms with Gasteiger partial charge in [-0.1, -0.05) is 0 Å². The van der Waals surface area contributed by atoms with Crippen LogP contribution < -0.4 is 5.32 Å². The van der Waals surface area contributed by atoms with Gasteiger partial charge in [0.05, 0.1) is 18.3 Å². The lowest BCUT2D eigenvalue weighted by Crippen LogP contribution is -2.14. The minimum atomic E-state index is -0.616. The monoisotopic (exact) mass is 196 g/mol. The Morgan fingerprint density at radius 2 is 2.21 bits per heavy atom. The summed E-state index contributed by atoms with van der Waals surface area (Å²) in [5, 5.41) is 2.41. The third-order valence-electron chi connectivity index (χ3n) is 1.42. The van der Waals surface area contributed by atoms with E-state index in [0.29, 0.717) is 5.69 Å². The van der Waals surface area contributed by atoms with Crippen LogP contribution in [0.25, 0.3) is 0 Å². The van der Waals surface area contributed by atoms with Gasteiger partial charge in [-0.3, -0.25) is 9.59 Å². The lowest BCUT2D eigenvalue weighted by molar-refractivity contribution is -0.124. The zero-order valence-corrected chi connectivity index (χ0v) is 7.58. The molecule has 4 nitrogen and oxygen atoms in total. The molecule has 0 spiro atoms. The largest absolute Gasteiger partial charge is 0.324 e. The molecule has 0 saturated heterocycles. The molecule has 5 heteroatoms. The Hall–Kier alpha value is -1.78. The number of hydrogen-bond donors (Lipinski definition) is 1. The maximum atomic E-state index is 12.4. The first kappa shape index (κ1) is 10.3. The van der Waals surface area contributed by atoms with Gasteiger partial charge in [-0.2, -0.15) is 4.39 Å². The van der Waals surface area contributed by atoms with E-state index in [-0.39, 0.29) is 12.2 Å². The Morgan fingerprint density at radius 3 is 2.71 bits per heavy atom. The summed E-state index contributed by atoms with van der Waals surface area (Å²) in [5.41, 5.74) is 0.373. The Morgan fingerprint density at radius 1 is 1.50 bits per heavy atom. The molecule has 14 heavy (non-hydrogen) atoms. The third-order valence-corrected chi connectivity index (χ3v) is 1.42. The van der Waals surface area contributed by atoms with Crippen LogP contribution in [0.2, 0.25) is 0 Å². The highest BCUT2D eigenvalue weighted by molar-refractivity contribution is 6.03. The number of rotatable bonds is 3. The number of carbonyl (C=O) groups is 2. The minimum absolute atomic E-state index is 0.183. The number of amides is 1. The summed E-state index contributed by atoms with van der Waals surface area (Å²) >= 11 is 0.